The number of hydrogen-bond acceptors (Lipinski definition) is 4. The van der Waals surface area contributed by atoms with Crippen molar-refractivity contribution in [2.24, 2.45) is 0 Å². The lowest BCUT2D eigenvalue weighted by atomic mass is 10.1. The number of likely N-dealkylation sites (N-methyl/N-ethyl adjacent to an activating group) is 1. The Hall–Kier alpha value is -2.77. The van der Waals surface area contributed by atoms with Gasteiger partial charge in [0.15, 0.2) is 5.16 Å². The second-order valence-corrected chi connectivity index (χ2v) is 8.29. The predicted molar refractivity (Wildman–Crippen MR) is 121 cm³/mol. The molecule has 8 heteroatoms. The highest BCUT2D eigenvalue weighted by Crippen LogP contribution is 2.24. The van der Waals surface area contributed by atoms with Crippen LogP contribution in [0.2, 0.25) is 5.02 Å². The number of carbonyl (C=O) groups is 2. The number of carbonyl (C=O) groups excluding carboxylic acids is 2. The monoisotopic (exact) mass is 442 g/mol. The molecule has 1 heterocycles. The molecular weight excluding hydrogens is 420 g/mol. The number of benzene rings is 2. The third-order valence-electron chi connectivity index (χ3n) is 4.50. The van der Waals surface area contributed by atoms with Gasteiger partial charge in [0, 0.05) is 19.4 Å². The van der Waals surface area contributed by atoms with Crippen LogP contribution in [-0.2, 0) is 9.59 Å². The number of aryl methyl sites for hydroxylation is 2. The first kappa shape index (κ1) is 21.9. The molecule has 6 nitrogen and oxygen atoms in total. The van der Waals surface area contributed by atoms with Crippen LogP contribution in [0.1, 0.15) is 11.1 Å². The number of thioether (sulfide) groups is 1. The van der Waals surface area contributed by atoms with Gasteiger partial charge in [-0.15, -0.1) is 0 Å². The molecule has 3 rings (SSSR count). The normalized spacial score (nSPS) is 10.7. The first-order valence-corrected chi connectivity index (χ1v) is 10.7. The maximum absolute atomic E-state index is 12.5. The molecule has 0 aliphatic carbocycles. The van der Waals surface area contributed by atoms with Crippen LogP contribution in [0.4, 0.5) is 5.69 Å². The van der Waals surface area contributed by atoms with Gasteiger partial charge in [-0.1, -0.05) is 53.2 Å². The molecule has 0 atom stereocenters. The zero-order chi connectivity index (χ0) is 21.7. The van der Waals surface area contributed by atoms with Crippen LogP contribution in [-0.4, -0.2) is 45.6 Å². The van der Waals surface area contributed by atoms with Gasteiger partial charge in [-0.3, -0.25) is 14.2 Å². The van der Waals surface area contributed by atoms with E-state index in [4.69, 9.17) is 11.6 Å². The van der Waals surface area contributed by atoms with Crippen molar-refractivity contribution in [2.75, 3.05) is 24.7 Å². The molecule has 1 N–H and O–H groups in total. The minimum Gasteiger partial charge on any atom is -0.336 e. The molecule has 0 spiro atoms. The highest BCUT2D eigenvalue weighted by atomic mass is 35.5. The minimum absolute atomic E-state index is 0.0594. The first-order valence-electron chi connectivity index (χ1n) is 9.37. The zero-order valence-electron chi connectivity index (χ0n) is 17.1. The van der Waals surface area contributed by atoms with Crippen molar-refractivity contribution in [3.63, 3.8) is 0 Å². The van der Waals surface area contributed by atoms with Gasteiger partial charge in [0.2, 0.25) is 11.8 Å². The molecule has 3 aromatic rings. The third kappa shape index (κ3) is 5.43. The molecule has 0 unspecified atom stereocenters. The van der Waals surface area contributed by atoms with Crippen molar-refractivity contribution in [1.29, 1.82) is 0 Å². The highest BCUT2D eigenvalue weighted by Gasteiger charge is 2.16. The van der Waals surface area contributed by atoms with Gasteiger partial charge in [-0.05, 0) is 37.6 Å². The molecule has 2 aromatic carbocycles. The quantitative estimate of drug-likeness (QED) is 0.553. The number of amides is 2. The maximum Gasteiger partial charge on any atom is 0.244 e. The molecule has 0 bridgehead atoms. The Morgan fingerprint density at radius 3 is 2.70 bits per heavy atom. The van der Waals surface area contributed by atoms with Gasteiger partial charge in [-0.2, -0.15) is 0 Å². The topological polar surface area (TPSA) is 67.2 Å². The molecule has 156 valence electrons. The standard InChI is InChI=1S/C22H23ClN4O2S/c1-15-8-9-19(16(2)12-15)27-11-10-24-22(27)30-14-21(29)26(3)13-20(28)25-18-7-5-4-6-17(18)23/h4-12H,13-14H2,1-3H3,(H,25,28). The fourth-order valence-corrected chi connectivity index (χ4v) is 4.04. The van der Waals surface area contributed by atoms with Crippen LogP contribution >= 0.6 is 23.4 Å². The minimum atomic E-state index is -0.305. The number of imidazole rings is 1. The van der Waals surface area contributed by atoms with E-state index >= 15 is 0 Å². The Morgan fingerprint density at radius 1 is 1.20 bits per heavy atom. The SMILES string of the molecule is Cc1ccc(-n2ccnc2SCC(=O)N(C)CC(=O)Nc2ccccc2Cl)c(C)c1. The molecule has 30 heavy (non-hydrogen) atoms. The molecule has 0 fully saturated rings. The Kier molecular flexibility index (Phi) is 7.18. The Balaban J connectivity index is 1.57. The number of nitrogens with one attached hydrogen (secondary N) is 1. The van der Waals surface area contributed by atoms with Crippen LogP contribution in [0.3, 0.4) is 0 Å². The molecule has 0 saturated heterocycles. The van der Waals surface area contributed by atoms with Crippen LogP contribution < -0.4 is 5.32 Å². The van der Waals surface area contributed by atoms with Crippen LogP contribution in [0.25, 0.3) is 5.69 Å². The lowest BCUT2D eigenvalue weighted by molar-refractivity contribution is -0.131. The van der Waals surface area contributed by atoms with Gasteiger partial charge in [0.05, 0.1) is 28.7 Å². The summed E-state index contributed by atoms with van der Waals surface area (Å²) in [6, 6.07) is 13.2. The Bertz CT molecular complexity index is 1070. The summed E-state index contributed by atoms with van der Waals surface area (Å²) in [5.74, 6) is -0.289. The summed E-state index contributed by atoms with van der Waals surface area (Å²) >= 11 is 7.39. The Morgan fingerprint density at radius 2 is 1.97 bits per heavy atom. The third-order valence-corrected chi connectivity index (χ3v) is 5.78. The van der Waals surface area contributed by atoms with Crippen molar-refractivity contribution in [3.05, 3.63) is 71.0 Å². The van der Waals surface area contributed by atoms with Crippen molar-refractivity contribution >= 4 is 40.9 Å². The van der Waals surface area contributed by atoms with E-state index in [0.717, 1.165) is 16.4 Å². The Labute approximate surface area is 185 Å². The van der Waals surface area contributed by atoms with E-state index in [1.807, 2.05) is 29.8 Å². The lowest BCUT2D eigenvalue weighted by Gasteiger charge is -2.17. The van der Waals surface area contributed by atoms with Crippen molar-refractivity contribution in [3.8, 4) is 5.69 Å². The van der Waals surface area contributed by atoms with E-state index in [-0.39, 0.29) is 24.1 Å². The number of hydrogen-bond donors (Lipinski definition) is 1. The van der Waals surface area contributed by atoms with E-state index in [9.17, 15) is 9.59 Å². The zero-order valence-corrected chi connectivity index (χ0v) is 18.6. The van der Waals surface area contributed by atoms with Crippen molar-refractivity contribution < 1.29 is 9.59 Å². The van der Waals surface area contributed by atoms with E-state index in [1.165, 1.54) is 22.2 Å². The number of nitrogens with zero attached hydrogens (tertiary/aromatic N) is 3. The predicted octanol–water partition coefficient (Wildman–Crippen LogP) is 4.33. The average molecular weight is 443 g/mol. The van der Waals surface area contributed by atoms with Gasteiger partial charge < -0.3 is 10.2 Å². The molecule has 0 radical (unpaired) electrons. The van der Waals surface area contributed by atoms with E-state index in [0.29, 0.717) is 10.7 Å². The van der Waals surface area contributed by atoms with Crippen molar-refractivity contribution in [2.45, 2.75) is 19.0 Å². The summed E-state index contributed by atoms with van der Waals surface area (Å²) in [4.78, 5) is 30.5. The molecule has 1 aromatic heterocycles. The van der Waals surface area contributed by atoms with E-state index < -0.39 is 0 Å². The molecular formula is C22H23ClN4O2S. The molecule has 0 aliphatic heterocycles. The summed E-state index contributed by atoms with van der Waals surface area (Å²) in [7, 11) is 1.60. The van der Waals surface area contributed by atoms with Crippen LogP contribution in [0.15, 0.2) is 60.0 Å². The highest BCUT2D eigenvalue weighted by molar-refractivity contribution is 7.99. The number of para-hydroxylation sites is 1. The van der Waals surface area contributed by atoms with Crippen molar-refractivity contribution in [1.82, 2.24) is 14.5 Å². The first-order chi connectivity index (χ1) is 14.3. The summed E-state index contributed by atoms with van der Waals surface area (Å²) < 4.78 is 1.97. The second kappa shape index (κ2) is 9.82. The summed E-state index contributed by atoms with van der Waals surface area (Å²) in [6.07, 6.45) is 3.60. The largest absolute Gasteiger partial charge is 0.336 e. The van der Waals surface area contributed by atoms with Gasteiger partial charge in [0.1, 0.15) is 0 Å². The number of aromatic nitrogens is 2. The van der Waals surface area contributed by atoms with E-state index in [2.05, 4.69) is 23.3 Å². The summed E-state index contributed by atoms with van der Waals surface area (Å²) in [6.45, 7) is 4.04. The fraction of sp³-hybridized carbons (Fsp3) is 0.227. The lowest BCUT2D eigenvalue weighted by Crippen LogP contribution is -2.36. The van der Waals surface area contributed by atoms with Gasteiger partial charge in [0.25, 0.3) is 0 Å². The maximum atomic E-state index is 12.5. The number of anilines is 1. The van der Waals surface area contributed by atoms with E-state index in [1.54, 1.807) is 37.5 Å². The number of halogens is 1. The van der Waals surface area contributed by atoms with Gasteiger partial charge >= 0.3 is 0 Å². The number of rotatable bonds is 7. The summed E-state index contributed by atoms with van der Waals surface area (Å²) in [5.41, 5.74) is 3.88. The summed E-state index contributed by atoms with van der Waals surface area (Å²) in [5, 5.41) is 3.90. The molecule has 0 saturated carbocycles. The van der Waals surface area contributed by atoms with Crippen LogP contribution in [0, 0.1) is 13.8 Å². The van der Waals surface area contributed by atoms with Gasteiger partial charge in [-0.25, -0.2) is 4.98 Å². The molecule has 2 amide bonds. The molecule has 0 aliphatic rings. The smallest absolute Gasteiger partial charge is 0.244 e. The second-order valence-electron chi connectivity index (χ2n) is 6.94. The fourth-order valence-electron chi connectivity index (χ4n) is 2.95. The van der Waals surface area contributed by atoms with Crippen LogP contribution in [0.5, 0.6) is 0 Å². The average Bonchev–Trinajstić information content (AvgIpc) is 3.16.